The van der Waals surface area contributed by atoms with Crippen LogP contribution >= 0.6 is 0 Å². The summed E-state index contributed by atoms with van der Waals surface area (Å²) < 4.78 is 16.1. The van der Waals surface area contributed by atoms with Gasteiger partial charge in [0.1, 0.15) is 11.9 Å². The molecule has 1 aliphatic carbocycles. The van der Waals surface area contributed by atoms with Crippen molar-refractivity contribution in [3.8, 4) is 0 Å². The summed E-state index contributed by atoms with van der Waals surface area (Å²) in [6, 6.07) is 7.03. The molecule has 0 bridgehead atoms. The van der Waals surface area contributed by atoms with Gasteiger partial charge in [-0.05, 0) is 56.5 Å². The number of nitrogens with zero attached hydrogens (tertiary/aromatic N) is 3. The van der Waals surface area contributed by atoms with E-state index < -0.39 is 17.8 Å². The van der Waals surface area contributed by atoms with Gasteiger partial charge in [-0.25, -0.2) is 4.39 Å². The number of aromatic nitrogens is 3. The zero-order valence-corrected chi connectivity index (χ0v) is 20.3. The second-order valence-corrected chi connectivity index (χ2v) is 9.26. The van der Waals surface area contributed by atoms with Gasteiger partial charge in [-0.2, -0.15) is 5.10 Å². The Hall–Kier alpha value is -3.75. The molecular weight excluding hydrogens is 447 g/mol. The molecule has 2 heterocycles. The molecule has 3 aromatic rings. The maximum absolute atomic E-state index is 14.5. The Balaban J connectivity index is 1.51. The average Bonchev–Trinajstić information content (AvgIpc) is 3.45. The fourth-order valence-electron chi connectivity index (χ4n) is 4.59. The quantitative estimate of drug-likeness (QED) is 0.438. The first-order chi connectivity index (χ1) is 16.8. The zero-order chi connectivity index (χ0) is 24.9. The van der Waals surface area contributed by atoms with Crippen molar-refractivity contribution in [2.75, 3.05) is 10.6 Å². The van der Waals surface area contributed by atoms with Gasteiger partial charge in [0.15, 0.2) is 0 Å². The van der Waals surface area contributed by atoms with Crippen LogP contribution in [0.15, 0.2) is 42.7 Å². The van der Waals surface area contributed by atoms with Crippen molar-refractivity contribution in [1.82, 2.24) is 20.1 Å². The first kappa shape index (κ1) is 24.4. The van der Waals surface area contributed by atoms with E-state index in [0.717, 1.165) is 37.1 Å². The first-order valence-corrected chi connectivity index (χ1v) is 11.9. The van der Waals surface area contributed by atoms with Gasteiger partial charge in [-0.1, -0.05) is 25.7 Å². The van der Waals surface area contributed by atoms with E-state index in [1.165, 1.54) is 18.2 Å². The monoisotopic (exact) mass is 478 g/mol. The molecule has 1 saturated carbocycles. The third kappa shape index (κ3) is 6.44. The van der Waals surface area contributed by atoms with Crippen LogP contribution in [0.3, 0.4) is 0 Å². The number of hydrogen-bond acceptors (Lipinski definition) is 5. The van der Waals surface area contributed by atoms with Crippen molar-refractivity contribution in [3.05, 3.63) is 65.5 Å². The minimum atomic E-state index is -0.710. The molecule has 0 saturated heterocycles. The summed E-state index contributed by atoms with van der Waals surface area (Å²) in [6.07, 6.45) is 8.18. The molecule has 1 atom stereocenters. The lowest BCUT2D eigenvalue weighted by Crippen LogP contribution is -2.44. The number of benzene rings is 1. The molecule has 3 N–H and O–H groups in total. The highest BCUT2D eigenvalue weighted by Gasteiger charge is 2.27. The predicted molar refractivity (Wildman–Crippen MR) is 133 cm³/mol. The van der Waals surface area contributed by atoms with Gasteiger partial charge < -0.3 is 16.0 Å². The molecule has 2 amide bonds. The van der Waals surface area contributed by atoms with E-state index in [2.05, 4.69) is 26.0 Å². The van der Waals surface area contributed by atoms with Crippen molar-refractivity contribution in [3.63, 3.8) is 0 Å². The summed E-state index contributed by atoms with van der Waals surface area (Å²) in [5.41, 5.74) is 3.30. The summed E-state index contributed by atoms with van der Waals surface area (Å²) in [4.78, 5) is 30.5. The van der Waals surface area contributed by atoms with Crippen molar-refractivity contribution >= 4 is 28.9 Å². The van der Waals surface area contributed by atoms with Crippen LogP contribution in [0, 0.1) is 25.6 Å². The number of halogens is 1. The molecule has 0 aliphatic heterocycles. The van der Waals surface area contributed by atoms with Crippen LogP contribution in [0.4, 0.5) is 21.5 Å². The highest BCUT2D eigenvalue weighted by molar-refractivity contribution is 6.01. The summed E-state index contributed by atoms with van der Waals surface area (Å²) in [5.74, 6) is -0.824. The summed E-state index contributed by atoms with van der Waals surface area (Å²) >= 11 is 0. The largest absolute Gasteiger partial charge is 0.353 e. The van der Waals surface area contributed by atoms with Gasteiger partial charge in [0.2, 0.25) is 5.91 Å². The Morgan fingerprint density at radius 1 is 1.11 bits per heavy atom. The van der Waals surface area contributed by atoms with Crippen LogP contribution < -0.4 is 16.0 Å². The van der Waals surface area contributed by atoms with Gasteiger partial charge >= 0.3 is 0 Å². The lowest BCUT2D eigenvalue weighted by Gasteiger charge is -2.21. The number of anilines is 3. The highest BCUT2D eigenvalue weighted by atomic mass is 19.1. The van der Waals surface area contributed by atoms with E-state index in [-0.39, 0.29) is 17.2 Å². The third-order valence-corrected chi connectivity index (χ3v) is 6.23. The number of aryl methyl sites for hydroxylation is 3. The van der Waals surface area contributed by atoms with E-state index in [9.17, 15) is 14.0 Å². The van der Waals surface area contributed by atoms with Crippen LogP contribution in [-0.4, -0.2) is 32.6 Å². The SMILES string of the molecule is Cc1cc(Nc2cc(C(=O)N[C@@H](CC3CCCC3)C(=O)Nc3cnn(C)c3)ccc2F)cc(C)n1. The Kier molecular flexibility index (Phi) is 7.43. The second-order valence-electron chi connectivity index (χ2n) is 9.26. The fourth-order valence-corrected chi connectivity index (χ4v) is 4.59. The van der Waals surface area contributed by atoms with Gasteiger partial charge in [-0.3, -0.25) is 19.3 Å². The molecule has 0 spiro atoms. The maximum atomic E-state index is 14.5. The number of pyridine rings is 1. The Morgan fingerprint density at radius 3 is 2.49 bits per heavy atom. The topological polar surface area (TPSA) is 101 Å². The molecule has 2 aromatic heterocycles. The molecule has 0 unspecified atom stereocenters. The molecule has 0 radical (unpaired) electrons. The molecule has 1 fully saturated rings. The number of carbonyl (C=O) groups excluding carboxylic acids is 2. The first-order valence-electron chi connectivity index (χ1n) is 11.9. The van der Waals surface area contributed by atoms with Gasteiger partial charge in [0.25, 0.3) is 5.91 Å². The minimum Gasteiger partial charge on any atom is -0.353 e. The summed E-state index contributed by atoms with van der Waals surface area (Å²) in [5, 5.41) is 12.8. The Labute approximate surface area is 204 Å². The molecule has 4 rings (SSSR count). The van der Waals surface area contributed by atoms with E-state index in [1.807, 2.05) is 13.8 Å². The van der Waals surface area contributed by atoms with E-state index >= 15 is 0 Å². The van der Waals surface area contributed by atoms with E-state index in [4.69, 9.17) is 0 Å². The fraction of sp³-hybridized carbons (Fsp3) is 0.385. The van der Waals surface area contributed by atoms with Gasteiger partial charge in [0.05, 0.1) is 17.6 Å². The van der Waals surface area contributed by atoms with Crippen LogP contribution in [0.2, 0.25) is 0 Å². The smallest absolute Gasteiger partial charge is 0.252 e. The molecule has 184 valence electrons. The molecule has 1 aromatic carbocycles. The third-order valence-electron chi connectivity index (χ3n) is 6.23. The molecule has 35 heavy (non-hydrogen) atoms. The van der Waals surface area contributed by atoms with Crippen molar-refractivity contribution in [2.24, 2.45) is 13.0 Å². The number of carbonyl (C=O) groups is 2. The predicted octanol–water partition coefficient (Wildman–Crippen LogP) is 4.63. The van der Waals surface area contributed by atoms with Gasteiger partial charge in [-0.15, -0.1) is 0 Å². The number of rotatable bonds is 8. The maximum Gasteiger partial charge on any atom is 0.252 e. The minimum absolute atomic E-state index is 0.176. The average molecular weight is 479 g/mol. The van der Waals surface area contributed by atoms with Crippen molar-refractivity contribution < 1.29 is 14.0 Å². The zero-order valence-electron chi connectivity index (χ0n) is 20.3. The number of hydrogen-bond donors (Lipinski definition) is 3. The van der Waals surface area contributed by atoms with Crippen LogP contribution in [-0.2, 0) is 11.8 Å². The van der Waals surface area contributed by atoms with Crippen LogP contribution in [0.25, 0.3) is 0 Å². The van der Waals surface area contributed by atoms with E-state index in [0.29, 0.717) is 23.7 Å². The van der Waals surface area contributed by atoms with Crippen molar-refractivity contribution in [2.45, 2.75) is 52.0 Å². The highest BCUT2D eigenvalue weighted by Crippen LogP contribution is 2.29. The van der Waals surface area contributed by atoms with Crippen LogP contribution in [0.5, 0.6) is 0 Å². The molecule has 9 heteroatoms. The summed E-state index contributed by atoms with van der Waals surface area (Å²) in [6.45, 7) is 3.72. The lowest BCUT2D eigenvalue weighted by atomic mass is 9.97. The normalized spacial score (nSPS) is 14.5. The van der Waals surface area contributed by atoms with Crippen molar-refractivity contribution in [1.29, 1.82) is 0 Å². The van der Waals surface area contributed by atoms with Gasteiger partial charge in [0, 0.05) is 35.9 Å². The lowest BCUT2D eigenvalue weighted by molar-refractivity contribution is -0.118. The molecular formula is C26H31FN6O2. The van der Waals surface area contributed by atoms with E-state index in [1.54, 1.807) is 36.3 Å². The number of amides is 2. The molecule has 8 nitrogen and oxygen atoms in total. The van der Waals surface area contributed by atoms with Crippen LogP contribution in [0.1, 0.15) is 53.8 Å². The Morgan fingerprint density at radius 2 is 1.83 bits per heavy atom. The molecule has 1 aliphatic rings. The second kappa shape index (κ2) is 10.7. The Bertz CT molecular complexity index is 1200. The standard InChI is InChI=1S/C26H31FN6O2/c1-16-10-20(11-17(2)29-16)30-23-13-19(8-9-22(23)27)25(34)32-24(12-18-6-4-5-7-18)26(35)31-21-14-28-33(3)15-21/h8-11,13-15,18,24H,4-7,12H2,1-3H3,(H,29,30)(H,31,35)(H,32,34)/t24-/m0/s1. The summed E-state index contributed by atoms with van der Waals surface area (Å²) in [7, 11) is 1.77. The number of nitrogens with one attached hydrogen (secondary N) is 3.